The number of alkyl halides is 3. The van der Waals surface area contributed by atoms with Crippen molar-refractivity contribution < 1.29 is 13.2 Å². The second kappa shape index (κ2) is 8.01. The first kappa shape index (κ1) is 21.2. The Balaban J connectivity index is 1.30. The minimum Gasteiger partial charge on any atom is -0.355 e. The van der Waals surface area contributed by atoms with Crippen molar-refractivity contribution in [3.05, 3.63) is 52.7 Å². The molecule has 0 bridgehead atoms. The van der Waals surface area contributed by atoms with Gasteiger partial charge in [0.2, 0.25) is 0 Å². The highest BCUT2D eigenvalue weighted by atomic mass is 32.1. The SMILES string of the molecule is N#Cc1cccc(CN2CCC3(CCN(c4ncnc5sc(CC(F)(F)F)cc45)C3)C2)c1. The average molecular weight is 458 g/mol. The molecule has 2 aliphatic heterocycles. The molecule has 32 heavy (non-hydrogen) atoms. The molecular formula is C23H22F3N5S. The highest BCUT2D eigenvalue weighted by Crippen LogP contribution is 2.43. The Kier molecular flexibility index (Phi) is 5.30. The number of hydrogen-bond donors (Lipinski definition) is 0. The van der Waals surface area contributed by atoms with Crippen LogP contribution in [0.5, 0.6) is 0 Å². The van der Waals surface area contributed by atoms with E-state index < -0.39 is 12.6 Å². The fourth-order valence-corrected chi connectivity index (χ4v) is 6.06. The average Bonchev–Trinajstić information content (AvgIpc) is 3.45. The minimum atomic E-state index is -4.23. The van der Waals surface area contributed by atoms with Crippen LogP contribution in [0.2, 0.25) is 0 Å². The van der Waals surface area contributed by atoms with Crippen LogP contribution in [0.4, 0.5) is 19.0 Å². The third-order valence-corrected chi connectivity index (χ3v) is 7.49. The van der Waals surface area contributed by atoms with Gasteiger partial charge in [0, 0.05) is 36.5 Å². The number of fused-ring (bicyclic) bond motifs is 1. The largest absolute Gasteiger partial charge is 0.393 e. The lowest BCUT2D eigenvalue weighted by molar-refractivity contribution is -0.126. The smallest absolute Gasteiger partial charge is 0.355 e. The van der Waals surface area contributed by atoms with Crippen molar-refractivity contribution in [3.8, 4) is 6.07 Å². The number of anilines is 1. The predicted molar refractivity (Wildman–Crippen MR) is 117 cm³/mol. The number of nitriles is 1. The number of aromatic nitrogens is 2. The Morgan fingerprint density at radius 1 is 1.12 bits per heavy atom. The molecule has 0 radical (unpaired) electrons. The van der Waals surface area contributed by atoms with Gasteiger partial charge in [-0.25, -0.2) is 9.97 Å². The monoisotopic (exact) mass is 457 g/mol. The molecule has 0 aliphatic carbocycles. The van der Waals surface area contributed by atoms with Gasteiger partial charge in [-0.15, -0.1) is 11.3 Å². The van der Waals surface area contributed by atoms with Crippen LogP contribution in [-0.2, 0) is 13.0 Å². The normalized spacial score (nSPS) is 21.6. The topological polar surface area (TPSA) is 56.1 Å². The zero-order valence-electron chi connectivity index (χ0n) is 17.4. The summed E-state index contributed by atoms with van der Waals surface area (Å²) in [4.78, 5) is 14.2. The van der Waals surface area contributed by atoms with Crippen molar-refractivity contribution in [2.45, 2.75) is 32.0 Å². The lowest BCUT2D eigenvalue weighted by Crippen LogP contribution is -2.31. The van der Waals surface area contributed by atoms with E-state index in [1.165, 1.54) is 6.33 Å². The molecule has 2 fully saturated rings. The van der Waals surface area contributed by atoms with E-state index in [9.17, 15) is 13.2 Å². The summed E-state index contributed by atoms with van der Waals surface area (Å²) < 4.78 is 38.5. The lowest BCUT2D eigenvalue weighted by Gasteiger charge is -2.25. The Morgan fingerprint density at radius 3 is 2.78 bits per heavy atom. The molecule has 2 saturated heterocycles. The van der Waals surface area contributed by atoms with Gasteiger partial charge in [-0.05, 0) is 43.1 Å². The van der Waals surface area contributed by atoms with Gasteiger partial charge < -0.3 is 4.90 Å². The van der Waals surface area contributed by atoms with Crippen molar-refractivity contribution in [1.29, 1.82) is 5.26 Å². The number of halogens is 3. The van der Waals surface area contributed by atoms with Crippen LogP contribution >= 0.6 is 11.3 Å². The van der Waals surface area contributed by atoms with E-state index in [0.717, 1.165) is 73.7 Å². The van der Waals surface area contributed by atoms with Crippen molar-refractivity contribution >= 4 is 27.4 Å². The Labute approximate surface area is 188 Å². The van der Waals surface area contributed by atoms with Crippen LogP contribution in [-0.4, -0.2) is 47.2 Å². The summed E-state index contributed by atoms with van der Waals surface area (Å²) in [6, 6.07) is 11.5. The van der Waals surface area contributed by atoms with Gasteiger partial charge in [-0.2, -0.15) is 18.4 Å². The van der Waals surface area contributed by atoms with Gasteiger partial charge in [0.15, 0.2) is 0 Å². The molecule has 2 aliphatic rings. The summed E-state index contributed by atoms with van der Waals surface area (Å²) in [5.41, 5.74) is 1.98. The first-order valence-corrected chi connectivity index (χ1v) is 11.4. The Bertz CT molecular complexity index is 1180. The first-order chi connectivity index (χ1) is 15.3. The van der Waals surface area contributed by atoms with Crippen molar-refractivity contribution in [1.82, 2.24) is 14.9 Å². The standard InChI is InChI=1S/C23H22F3N5S/c24-23(25,26)10-18-9-19-20(28-15-29-21(19)32-18)31-7-5-22(14-31)4-6-30(13-22)12-17-3-1-2-16(8-17)11-27/h1-3,8-9,15H,4-7,10,12-14H2. The molecular weight excluding hydrogens is 435 g/mol. The molecule has 5 rings (SSSR count). The molecule has 166 valence electrons. The summed E-state index contributed by atoms with van der Waals surface area (Å²) in [7, 11) is 0. The van der Waals surface area contributed by atoms with Crippen molar-refractivity contribution in [2.24, 2.45) is 5.41 Å². The maximum atomic E-state index is 12.8. The maximum Gasteiger partial charge on any atom is 0.393 e. The molecule has 2 aromatic heterocycles. The van der Waals surface area contributed by atoms with Gasteiger partial charge in [0.25, 0.3) is 0 Å². The minimum absolute atomic E-state index is 0.162. The van der Waals surface area contributed by atoms with Crippen LogP contribution in [0.3, 0.4) is 0 Å². The fourth-order valence-electron chi connectivity index (χ4n) is 5.04. The van der Waals surface area contributed by atoms with Crippen molar-refractivity contribution in [3.63, 3.8) is 0 Å². The van der Waals surface area contributed by atoms with E-state index in [-0.39, 0.29) is 10.3 Å². The van der Waals surface area contributed by atoms with Crippen LogP contribution in [0, 0.1) is 16.7 Å². The van der Waals surface area contributed by atoms with Gasteiger partial charge >= 0.3 is 6.18 Å². The summed E-state index contributed by atoms with van der Waals surface area (Å²) in [6.07, 6.45) is -1.59. The van der Waals surface area contributed by atoms with E-state index in [2.05, 4.69) is 31.9 Å². The molecule has 4 heterocycles. The van der Waals surface area contributed by atoms with Crippen LogP contribution < -0.4 is 4.90 Å². The molecule has 9 heteroatoms. The Hall–Kier alpha value is -2.70. The summed E-state index contributed by atoms with van der Waals surface area (Å²) in [5.74, 6) is 0.747. The fraction of sp³-hybridized carbons (Fsp3) is 0.435. The van der Waals surface area contributed by atoms with Crippen LogP contribution in [0.1, 0.15) is 28.8 Å². The van der Waals surface area contributed by atoms with Gasteiger partial charge in [-0.1, -0.05) is 12.1 Å². The molecule has 1 atom stereocenters. The zero-order chi connectivity index (χ0) is 22.3. The summed E-state index contributed by atoms with van der Waals surface area (Å²) in [5, 5.41) is 9.85. The third-order valence-electron chi connectivity index (χ3n) is 6.45. The second-order valence-corrected chi connectivity index (χ2v) is 9.98. The molecule has 0 amide bonds. The zero-order valence-corrected chi connectivity index (χ0v) is 18.2. The predicted octanol–water partition coefficient (Wildman–Crippen LogP) is 4.77. The van der Waals surface area contributed by atoms with Gasteiger partial charge in [0.1, 0.15) is 17.0 Å². The molecule has 1 aromatic carbocycles. The van der Waals surface area contributed by atoms with E-state index in [0.29, 0.717) is 10.4 Å². The van der Waals surface area contributed by atoms with E-state index in [1.807, 2.05) is 18.2 Å². The third kappa shape index (κ3) is 4.30. The number of rotatable bonds is 4. The molecule has 0 saturated carbocycles. The molecule has 1 spiro atoms. The second-order valence-electron chi connectivity index (χ2n) is 8.87. The molecule has 5 nitrogen and oxygen atoms in total. The first-order valence-electron chi connectivity index (χ1n) is 10.6. The maximum absolute atomic E-state index is 12.8. The molecule has 3 aromatic rings. The lowest BCUT2D eigenvalue weighted by atomic mass is 9.86. The number of nitrogens with zero attached hydrogens (tertiary/aromatic N) is 5. The van der Waals surface area contributed by atoms with E-state index >= 15 is 0 Å². The summed E-state index contributed by atoms with van der Waals surface area (Å²) >= 11 is 1.10. The van der Waals surface area contributed by atoms with Gasteiger partial charge in [-0.3, -0.25) is 4.90 Å². The highest BCUT2D eigenvalue weighted by Gasteiger charge is 2.44. The molecule has 1 unspecified atom stereocenters. The molecule has 0 N–H and O–H groups in total. The van der Waals surface area contributed by atoms with Crippen molar-refractivity contribution in [2.75, 3.05) is 31.1 Å². The van der Waals surface area contributed by atoms with Crippen LogP contribution in [0.25, 0.3) is 10.2 Å². The van der Waals surface area contributed by atoms with E-state index in [1.54, 1.807) is 6.07 Å². The number of hydrogen-bond acceptors (Lipinski definition) is 6. The number of benzene rings is 1. The number of likely N-dealkylation sites (tertiary alicyclic amines) is 1. The van der Waals surface area contributed by atoms with Crippen LogP contribution in [0.15, 0.2) is 36.7 Å². The van der Waals surface area contributed by atoms with E-state index in [4.69, 9.17) is 5.26 Å². The summed E-state index contributed by atoms with van der Waals surface area (Å²) in [6.45, 7) is 4.47. The number of thiophene rings is 1. The highest BCUT2D eigenvalue weighted by molar-refractivity contribution is 7.18. The Morgan fingerprint density at radius 2 is 1.97 bits per heavy atom. The van der Waals surface area contributed by atoms with Gasteiger partial charge in [0.05, 0.1) is 23.4 Å². The quantitative estimate of drug-likeness (QED) is 0.565.